The maximum atomic E-state index is 12.6. The van der Waals surface area contributed by atoms with Gasteiger partial charge in [-0.15, -0.1) is 0 Å². The van der Waals surface area contributed by atoms with Crippen molar-refractivity contribution < 1.29 is 9.59 Å². The van der Waals surface area contributed by atoms with Crippen molar-refractivity contribution in [3.05, 3.63) is 64.7 Å². The van der Waals surface area contributed by atoms with Gasteiger partial charge < -0.3 is 10.6 Å². The summed E-state index contributed by atoms with van der Waals surface area (Å²) < 4.78 is 0. The lowest BCUT2D eigenvalue weighted by molar-refractivity contribution is 0.0939. The highest BCUT2D eigenvalue weighted by molar-refractivity contribution is 6.09. The molecule has 3 rings (SSSR count). The van der Waals surface area contributed by atoms with Crippen molar-refractivity contribution in [2.24, 2.45) is 0 Å². The van der Waals surface area contributed by atoms with E-state index in [0.29, 0.717) is 16.8 Å². The Morgan fingerprint density at radius 2 is 1.64 bits per heavy atom. The molecule has 0 bridgehead atoms. The summed E-state index contributed by atoms with van der Waals surface area (Å²) in [6.07, 6.45) is 4.39. The molecule has 1 aliphatic rings. The third kappa shape index (κ3) is 4.08. The largest absolute Gasteiger partial charge is 0.349 e. The molecule has 2 aromatic rings. The van der Waals surface area contributed by atoms with Gasteiger partial charge in [-0.05, 0) is 62.1 Å². The molecule has 2 amide bonds. The lowest BCUT2D eigenvalue weighted by Gasteiger charge is -2.15. The van der Waals surface area contributed by atoms with E-state index >= 15 is 0 Å². The number of para-hydroxylation sites is 1. The van der Waals surface area contributed by atoms with Crippen molar-refractivity contribution in [3.8, 4) is 0 Å². The number of carbonyl (C=O) groups excluding carboxylic acids is 2. The summed E-state index contributed by atoms with van der Waals surface area (Å²) >= 11 is 0. The van der Waals surface area contributed by atoms with Crippen LogP contribution in [-0.4, -0.2) is 17.9 Å². The molecule has 1 aliphatic carbocycles. The van der Waals surface area contributed by atoms with Crippen LogP contribution in [0, 0.1) is 13.8 Å². The molecule has 1 fully saturated rings. The van der Waals surface area contributed by atoms with Gasteiger partial charge in [-0.2, -0.15) is 0 Å². The molecule has 0 atom stereocenters. The first-order valence-electron chi connectivity index (χ1n) is 8.83. The van der Waals surface area contributed by atoms with Gasteiger partial charge in [0.2, 0.25) is 0 Å². The molecule has 0 radical (unpaired) electrons. The Kier molecular flexibility index (Phi) is 5.17. The van der Waals surface area contributed by atoms with Crippen LogP contribution in [0.3, 0.4) is 0 Å². The number of nitrogens with one attached hydrogen (secondary N) is 2. The van der Waals surface area contributed by atoms with Crippen molar-refractivity contribution in [2.45, 2.75) is 45.6 Å². The van der Waals surface area contributed by atoms with Gasteiger partial charge in [0.1, 0.15) is 0 Å². The Morgan fingerprint density at radius 3 is 2.36 bits per heavy atom. The Labute approximate surface area is 148 Å². The highest BCUT2D eigenvalue weighted by atomic mass is 16.2. The summed E-state index contributed by atoms with van der Waals surface area (Å²) in [6.45, 7) is 3.99. The summed E-state index contributed by atoms with van der Waals surface area (Å²) in [4.78, 5) is 25.1. The third-order valence-corrected chi connectivity index (χ3v) is 4.88. The average molecular weight is 336 g/mol. The van der Waals surface area contributed by atoms with Crippen molar-refractivity contribution in [1.82, 2.24) is 5.32 Å². The highest BCUT2D eigenvalue weighted by Gasteiger charge is 2.20. The molecule has 2 aromatic carbocycles. The molecule has 4 nitrogen and oxygen atoms in total. The van der Waals surface area contributed by atoms with E-state index in [4.69, 9.17) is 0 Å². The number of carbonyl (C=O) groups is 2. The smallest absolute Gasteiger partial charge is 0.255 e. The normalized spacial score (nSPS) is 14.3. The van der Waals surface area contributed by atoms with Crippen LogP contribution in [-0.2, 0) is 0 Å². The topological polar surface area (TPSA) is 58.2 Å². The number of rotatable bonds is 4. The standard InChI is InChI=1S/C21H24N2O2/c1-14-11-12-16(13-15(14)2)20(24)23-19-10-6-5-9-18(19)21(25)22-17-7-3-4-8-17/h5-6,9-13,17H,3-4,7-8H2,1-2H3,(H,22,25)(H,23,24). The van der Waals surface area contributed by atoms with Gasteiger partial charge in [-0.1, -0.05) is 31.0 Å². The summed E-state index contributed by atoms with van der Waals surface area (Å²) in [5.41, 5.74) is 3.86. The van der Waals surface area contributed by atoms with Crippen LogP contribution in [0.5, 0.6) is 0 Å². The van der Waals surface area contributed by atoms with Gasteiger partial charge >= 0.3 is 0 Å². The van der Waals surface area contributed by atoms with E-state index < -0.39 is 0 Å². The van der Waals surface area contributed by atoms with Gasteiger partial charge in [0.15, 0.2) is 0 Å². The zero-order valence-electron chi connectivity index (χ0n) is 14.8. The van der Waals surface area contributed by atoms with E-state index in [1.54, 1.807) is 18.2 Å². The maximum Gasteiger partial charge on any atom is 0.255 e. The fourth-order valence-electron chi connectivity index (χ4n) is 3.20. The SMILES string of the molecule is Cc1ccc(C(=O)Nc2ccccc2C(=O)NC2CCCC2)cc1C. The van der Waals surface area contributed by atoms with Crippen LogP contribution in [0.15, 0.2) is 42.5 Å². The van der Waals surface area contributed by atoms with E-state index in [1.165, 1.54) is 0 Å². The van der Waals surface area contributed by atoms with E-state index in [9.17, 15) is 9.59 Å². The molecule has 4 heteroatoms. The number of anilines is 1. The van der Waals surface area contributed by atoms with Crippen LogP contribution in [0.1, 0.15) is 57.5 Å². The molecular weight excluding hydrogens is 312 g/mol. The van der Waals surface area contributed by atoms with Gasteiger partial charge in [0.05, 0.1) is 11.3 Å². The molecule has 0 unspecified atom stereocenters. The lowest BCUT2D eigenvalue weighted by Crippen LogP contribution is -2.33. The lowest BCUT2D eigenvalue weighted by atomic mass is 10.1. The predicted octanol–water partition coefficient (Wildman–Crippen LogP) is 4.23. The van der Waals surface area contributed by atoms with Gasteiger partial charge in [-0.3, -0.25) is 9.59 Å². The summed E-state index contributed by atoms with van der Waals surface area (Å²) in [7, 11) is 0. The Bertz CT molecular complexity index is 792. The second-order valence-electron chi connectivity index (χ2n) is 6.75. The summed E-state index contributed by atoms with van der Waals surface area (Å²) in [5.74, 6) is -0.327. The maximum absolute atomic E-state index is 12.6. The third-order valence-electron chi connectivity index (χ3n) is 4.88. The van der Waals surface area contributed by atoms with Gasteiger partial charge in [0, 0.05) is 11.6 Å². The number of aryl methyl sites for hydroxylation is 2. The zero-order valence-corrected chi connectivity index (χ0v) is 14.8. The second-order valence-corrected chi connectivity index (χ2v) is 6.75. The first-order chi connectivity index (χ1) is 12.0. The van der Waals surface area contributed by atoms with E-state index in [0.717, 1.165) is 36.8 Å². The molecular formula is C21H24N2O2. The first-order valence-corrected chi connectivity index (χ1v) is 8.83. The fourth-order valence-corrected chi connectivity index (χ4v) is 3.20. The van der Waals surface area contributed by atoms with Crippen LogP contribution in [0.4, 0.5) is 5.69 Å². The molecule has 0 saturated heterocycles. The number of hydrogen-bond acceptors (Lipinski definition) is 2. The zero-order chi connectivity index (χ0) is 17.8. The van der Waals surface area contributed by atoms with Crippen LogP contribution >= 0.6 is 0 Å². The molecule has 0 heterocycles. The minimum absolute atomic E-state index is 0.122. The van der Waals surface area contributed by atoms with Gasteiger partial charge in [-0.25, -0.2) is 0 Å². The molecule has 1 saturated carbocycles. The van der Waals surface area contributed by atoms with Crippen molar-refractivity contribution >= 4 is 17.5 Å². The molecule has 0 spiro atoms. The Balaban J connectivity index is 1.76. The quantitative estimate of drug-likeness (QED) is 0.878. The minimum Gasteiger partial charge on any atom is -0.349 e. The Hall–Kier alpha value is -2.62. The molecule has 0 aromatic heterocycles. The molecule has 0 aliphatic heterocycles. The minimum atomic E-state index is -0.204. The van der Waals surface area contributed by atoms with Gasteiger partial charge in [0.25, 0.3) is 11.8 Å². The molecule has 25 heavy (non-hydrogen) atoms. The second kappa shape index (κ2) is 7.51. The molecule has 130 valence electrons. The van der Waals surface area contributed by atoms with Crippen LogP contribution in [0.25, 0.3) is 0 Å². The van der Waals surface area contributed by atoms with Crippen molar-refractivity contribution in [3.63, 3.8) is 0 Å². The predicted molar refractivity (Wildman–Crippen MR) is 100 cm³/mol. The fraction of sp³-hybridized carbons (Fsp3) is 0.333. The molecule has 2 N–H and O–H groups in total. The van der Waals surface area contributed by atoms with Crippen LogP contribution in [0.2, 0.25) is 0 Å². The monoisotopic (exact) mass is 336 g/mol. The van der Waals surface area contributed by atoms with E-state index in [2.05, 4.69) is 10.6 Å². The number of hydrogen-bond donors (Lipinski definition) is 2. The first kappa shape index (κ1) is 17.2. The Morgan fingerprint density at radius 1 is 0.920 bits per heavy atom. The number of benzene rings is 2. The van der Waals surface area contributed by atoms with Crippen molar-refractivity contribution in [2.75, 3.05) is 5.32 Å². The van der Waals surface area contributed by atoms with Crippen molar-refractivity contribution in [1.29, 1.82) is 0 Å². The highest BCUT2D eigenvalue weighted by Crippen LogP contribution is 2.21. The number of amides is 2. The average Bonchev–Trinajstić information content (AvgIpc) is 3.10. The van der Waals surface area contributed by atoms with E-state index in [-0.39, 0.29) is 17.9 Å². The van der Waals surface area contributed by atoms with E-state index in [1.807, 2.05) is 38.1 Å². The van der Waals surface area contributed by atoms with Crippen LogP contribution < -0.4 is 10.6 Å². The summed E-state index contributed by atoms with van der Waals surface area (Å²) in [6, 6.07) is 13.0. The summed E-state index contributed by atoms with van der Waals surface area (Å²) in [5, 5.41) is 5.95.